The van der Waals surface area contributed by atoms with Crippen LogP contribution in [0.15, 0.2) is 28.8 Å². The number of hydrogen-bond acceptors (Lipinski definition) is 5. The van der Waals surface area contributed by atoms with E-state index in [-0.39, 0.29) is 11.9 Å². The smallest absolute Gasteiger partial charge is 0.253 e. The summed E-state index contributed by atoms with van der Waals surface area (Å²) in [5.41, 5.74) is 1.47. The number of aromatic nitrogens is 2. The van der Waals surface area contributed by atoms with Crippen LogP contribution in [0.2, 0.25) is 0 Å². The molecule has 1 aromatic heterocycles. The Balaban J connectivity index is 1.94. The molecule has 2 aromatic rings. The van der Waals surface area contributed by atoms with Crippen LogP contribution in [0.5, 0.6) is 0 Å². The number of rotatable bonds is 6. The number of hydrogen-bond donors (Lipinski definition) is 2. The lowest BCUT2D eigenvalue weighted by atomic mass is 10.1. The fourth-order valence-corrected chi connectivity index (χ4v) is 1.94. The fraction of sp³-hybridized carbons (Fsp3) is 0.400. The Labute approximate surface area is 123 Å². The number of aryl methyl sites for hydroxylation is 1. The van der Waals surface area contributed by atoms with Gasteiger partial charge < -0.3 is 15.2 Å². The molecule has 0 radical (unpaired) electrons. The van der Waals surface area contributed by atoms with Gasteiger partial charge in [-0.3, -0.25) is 4.79 Å². The molecule has 0 aliphatic rings. The van der Waals surface area contributed by atoms with Crippen molar-refractivity contribution >= 4 is 11.6 Å². The molecule has 0 atom stereocenters. The highest BCUT2D eigenvalue weighted by Crippen LogP contribution is 2.15. The first-order chi connectivity index (χ1) is 10.1. The van der Waals surface area contributed by atoms with Crippen LogP contribution in [-0.2, 0) is 6.42 Å². The van der Waals surface area contributed by atoms with Crippen LogP contribution in [0.1, 0.15) is 35.9 Å². The first-order valence-electron chi connectivity index (χ1n) is 6.99. The molecule has 2 rings (SSSR count). The molecule has 2 N–H and O–H groups in total. The summed E-state index contributed by atoms with van der Waals surface area (Å²) < 4.78 is 4.89. The molecule has 6 nitrogen and oxygen atoms in total. The Morgan fingerprint density at radius 2 is 2.10 bits per heavy atom. The number of anilines is 1. The lowest BCUT2D eigenvalue weighted by Crippen LogP contribution is -2.27. The summed E-state index contributed by atoms with van der Waals surface area (Å²) in [6, 6.07) is 7.73. The van der Waals surface area contributed by atoms with Crippen LogP contribution in [0.3, 0.4) is 0 Å². The first kappa shape index (κ1) is 15.0. The van der Waals surface area contributed by atoms with Gasteiger partial charge in [0.15, 0.2) is 5.82 Å². The van der Waals surface area contributed by atoms with Gasteiger partial charge in [0.2, 0.25) is 5.89 Å². The van der Waals surface area contributed by atoms with Crippen molar-refractivity contribution in [3.63, 3.8) is 0 Å². The average Bonchev–Trinajstić information content (AvgIpc) is 2.84. The number of para-hydroxylation sites is 1. The summed E-state index contributed by atoms with van der Waals surface area (Å²) in [5, 5.41) is 9.93. The molecule has 0 saturated heterocycles. The van der Waals surface area contributed by atoms with Crippen molar-refractivity contribution < 1.29 is 9.32 Å². The van der Waals surface area contributed by atoms with Gasteiger partial charge in [-0.15, -0.1) is 0 Å². The van der Waals surface area contributed by atoms with Crippen molar-refractivity contribution in [3.05, 3.63) is 41.5 Å². The first-order valence-corrected chi connectivity index (χ1v) is 6.99. The van der Waals surface area contributed by atoms with Gasteiger partial charge in [-0.25, -0.2) is 0 Å². The number of benzene rings is 1. The Morgan fingerprint density at radius 1 is 1.33 bits per heavy atom. The van der Waals surface area contributed by atoms with E-state index >= 15 is 0 Å². The summed E-state index contributed by atoms with van der Waals surface area (Å²) >= 11 is 0. The molecule has 1 amide bonds. The van der Waals surface area contributed by atoms with E-state index in [4.69, 9.17) is 4.52 Å². The van der Waals surface area contributed by atoms with Gasteiger partial charge in [0, 0.05) is 31.6 Å². The maximum absolute atomic E-state index is 12.2. The number of nitrogens with one attached hydrogen (secondary N) is 2. The van der Waals surface area contributed by atoms with E-state index < -0.39 is 0 Å². The van der Waals surface area contributed by atoms with Gasteiger partial charge in [-0.1, -0.05) is 17.3 Å². The Kier molecular flexibility index (Phi) is 4.92. The zero-order chi connectivity index (χ0) is 15.2. The van der Waals surface area contributed by atoms with Gasteiger partial charge in [-0.05, 0) is 26.0 Å². The van der Waals surface area contributed by atoms with Gasteiger partial charge in [0.05, 0.1) is 5.56 Å². The SMILES string of the molecule is Cc1nc(CCNC(=O)c2ccccc2NC(C)C)no1. The standard InChI is InChI=1S/C15H20N4O2/c1-10(2)17-13-7-5-4-6-12(13)15(20)16-9-8-14-18-11(3)21-19-14/h4-7,10,17H,8-9H2,1-3H3,(H,16,20). The van der Waals surface area contributed by atoms with E-state index in [1.165, 1.54) is 0 Å². The molecular formula is C15H20N4O2. The summed E-state index contributed by atoms with van der Waals surface area (Å²) in [6.45, 7) is 6.28. The zero-order valence-electron chi connectivity index (χ0n) is 12.5. The molecule has 0 aliphatic carbocycles. The molecule has 0 fully saturated rings. The summed E-state index contributed by atoms with van der Waals surface area (Å²) in [6.07, 6.45) is 0.545. The number of nitrogens with zero attached hydrogens (tertiary/aromatic N) is 2. The lowest BCUT2D eigenvalue weighted by molar-refractivity contribution is 0.0954. The van der Waals surface area contributed by atoms with Crippen LogP contribution in [0.25, 0.3) is 0 Å². The van der Waals surface area contributed by atoms with Gasteiger partial charge in [-0.2, -0.15) is 4.98 Å². The number of carbonyl (C=O) groups is 1. The third-order valence-corrected chi connectivity index (χ3v) is 2.82. The Morgan fingerprint density at radius 3 is 2.76 bits per heavy atom. The molecule has 6 heteroatoms. The van der Waals surface area contributed by atoms with Gasteiger partial charge in [0.25, 0.3) is 5.91 Å². The molecule has 0 bridgehead atoms. The predicted octanol–water partition coefficient (Wildman–Crippen LogP) is 2.17. The predicted molar refractivity (Wildman–Crippen MR) is 80.3 cm³/mol. The molecule has 112 valence electrons. The fourth-order valence-electron chi connectivity index (χ4n) is 1.94. The van der Waals surface area contributed by atoms with E-state index in [9.17, 15) is 4.79 Å². The Bertz CT molecular complexity index is 607. The highest BCUT2D eigenvalue weighted by Gasteiger charge is 2.11. The third kappa shape index (κ3) is 4.30. The summed E-state index contributed by atoms with van der Waals surface area (Å²) in [5.74, 6) is 1.02. The minimum Gasteiger partial charge on any atom is -0.382 e. The highest BCUT2D eigenvalue weighted by atomic mass is 16.5. The van der Waals surface area contributed by atoms with Crippen LogP contribution >= 0.6 is 0 Å². The van der Waals surface area contributed by atoms with Crippen LogP contribution in [0.4, 0.5) is 5.69 Å². The monoisotopic (exact) mass is 288 g/mol. The Hall–Kier alpha value is -2.37. The third-order valence-electron chi connectivity index (χ3n) is 2.82. The van der Waals surface area contributed by atoms with E-state index in [0.29, 0.717) is 30.2 Å². The highest BCUT2D eigenvalue weighted by molar-refractivity contribution is 5.99. The van der Waals surface area contributed by atoms with Crippen molar-refractivity contribution in [2.75, 3.05) is 11.9 Å². The van der Waals surface area contributed by atoms with E-state index in [0.717, 1.165) is 5.69 Å². The molecule has 21 heavy (non-hydrogen) atoms. The van der Waals surface area contributed by atoms with E-state index in [1.807, 2.05) is 32.0 Å². The van der Waals surface area contributed by atoms with Crippen molar-refractivity contribution in [3.8, 4) is 0 Å². The molecule has 0 aliphatic heterocycles. The van der Waals surface area contributed by atoms with Crippen molar-refractivity contribution in [2.24, 2.45) is 0 Å². The minimum absolute atomic E-state index is 0.112. The normalized spacial score (nSPS) is 10.7. The second-order valence-corrected chi connectivity index (χ2v) is 5.08. The van der Waals surface area contributed by atoms with Crippen molar-refractivity contribution in [2.45, 2.75) is 33.2 Å². The summed E-state index contributed by atoms with van der Waals surface area (Å²) in [4.78, 5) is 16.3. The molecular weight excluding hydrogens is 268 g/mol. The van der Waals surface area contributed by atoms with Crippen molar-refractivity contribution in [1.82, 2.24) is 15.5 Å². The van der Waals surface area contributed by atoms with E-state index in [1.54, 1.807) is 13.0 Å². The maximum Gasteiger partial charge on any atom is 0.253 e. The lowest BCUT2D eigenvalue weighted by Gasteiger charge is -2.14. The van der Waals surface area contributed by atoms with Gasteiger partial charge >= 0.3 is 0 Å². The van der Waals surface area contributed by atoms with Gasteiger partial charge in [0.1, 0.15) is 0 Å². The molecule has 0 spiro atoms. The molecule has 0 saturated carbocycles. The summed E-state index contributed by atoms with van der Waals surface area (Å²) in [7, 11) is 0. The minimum atomic E-state index is -0.112. The van der Waals surface area contributed by atoms with Crippen LogP contribution in [-0.4, -0.2) is 28.6 Å². The van der Waals surface area contributed by atoms with Crippen LogP contribution in [0, 0.1) is 6.92 Å². The topological polar surface area (TPSA) is 80.0 Å². The number of carbonyl (C=O) groups excluding carboxylic acids is 1. The second kappa shape index (κ2) is 6.88. The maximum atomic E-state index is 12.2. The quantitative estimate of drug-likeness (QED) is 0.851. The largest absolute Gasteiger partial charge is 0.382 e. The van der Waals surface area contributed by atoms with Crippen LogP contribution < -0.4 is 10.6 Å². The zero-order valence-corrected chi connectivity index (χ0v) is 12.5. The molecule has 1 heterocycles. The molecule has 1 aromatic carbocycles. The number of amides is 1. The molecule has 0 unspecified atom stereocenters. The second-order valence-electron chi connectivity index (χ2n) is 5.08. The average molecular weight is 288 g/mol. The van der Waals surface area contributed by atoms with E-state index in [2.05, 4.69) is 20.8 Å². The van der Waals surface area contributed by atoms with Crippen molar-refractivity contribution in [1.29, 1.82) is 0 Å².